The summed E-state index contributed by atoms with van der Waals surface area (Å²) in [5, 5.41) is 12.6. The fourth-order valence-electron chi connectivity index (χ4n) is 2.50. The molecule has 2 amide bonds. The number of aryl methyl sites for hydroxylation is 2. The number of hydrogen-bond acceptors (Lipinski definition) is 6. The van der Waals surface area contributed by atoms with Gasteiger partial charge in [0.25, 0.3) is 16.8 Å². The van der Waals surface area contributed by atoms with Crippen molar-refractivity contribution < 1.29 is 14.5 Å². The van der Waals surface area contributed by atoms with Crippen molar-refractivity contribution >= 4 is 40.0 Å². The van der Waals surface area contributed by atoms with E-state index in [9.17, 15) is 19.7 Å². The summed E-state index contributed by atoms with van der Waals surface area (Å²) in [6.07, 6.45) is 0. The lowest BCUT2D eigenvalue weighted by atomic mass is 10.1. The highest BCUT2D eigenvalue weighted by molar-refractivity contribution is 8.16. The van der Waals surface area contributed by atoms with Gasteiger partial charge in [0.15, 0.2) is 5.37 Å². The van der Waals surface area contributed by atoms with Crippen LogP contribution in [-0.4, -0.2) is 21.4 Å². The summed E-state index contributed by atoms with van der Waals surface area (Å²) in [7, 11) is 0. The number of imide groups is 1. The fraction of sp³-hybridized carbons (Fsp3) is 0.176. The summed E-state index contributed by atoms with van der Waals surface area (Å²) in [5.41, 5.74) is 2.59. The van der Waals surface area contributed by atoms with Gasteiger partial charge in [0.2, 0.25) is 0 Å². The topological polar surface area (TPSA) is 92.6 Å². The van der Waals surface area contributed by atoms with Gasteiger partial charge in [0.1, 0.15) is 5.69 Å². The van der Waals surface area contributed by atoms with E-state index in [0.717, 1.165) is 27.8 Å². The number of thioether (sulfide) groups is 1. The van der Waals surface area contributed by atoms with Gasteiger partial charge in [0, 0.05) is 6.07 Å². The summed E-state index contributed by atoms with van der Waals surface area (Å²) in [4.78, 5) is 36.6. The number of carbonyl (C=O) groups is 2. The Morgan fingerprint density at radius 3 is 2.52 bits per heavy atom. The Bertz CT molecular complexity index is 884. The van der Waals surface area contributed by atoms with Crippen LogP contribution in [0.25, 0.3) is 0 Å². The molecule has 0 aromatic heterocycles. The Hall–Kier alpha value is -2.87. The fourth-order valence-corrected chi connectivity index (χ4v) is 3.39. The van der Waals surface area contributed by atoms with E-state index in [4.69, 9.17) is 0 Å². The van der Waals surface area contributed by atoms with Gasteiger partial charge in [-0.05, 0) is 54.9 Å². The third kappa shape index (κ3) is 3.20. The number of anilines is 2. The largest absolute Gasteiger partial charge is 0.359 e. The number of nitro benzene ring substituents is 1. The molecule has 1 aliphatic rings. The molecule has 7 nitrogen and oxygen atoms in total. The average molecular weight is 357 g/mol. The Labute approximate surface area is 148 Å². The van der Waals surface area contributed by atoms with Crippen LogP contribution in [0.1, 0.15) is 11.1 Å². The summed E-state index contributed by atoms with van der Waals surface area (Å²) in [6, 6.07) is 11.4. The van der Waals surface area contributed by atoms with E-state index in [1.807, 2.05) is 19.9 Å². The van der Waals surface area contributed by atoms with Crippen molar-refractivity contribution in [1.82, 2.24) is 0 Å². The van der Waals surface area contributed by atoms with E-state index in [0.29, 0.717) is 5.69 Å². The van der Waals surface area contributed by atoms with E-state index in [1.165, 1.54) is 12.1 Å². The Morgan fingerprint density at radius 1 is 1.12 bits per heavy atom. The van der Waals surface area contributed by atoms with Crippen LogP contribution in [0.2, 0.25) is 0 Å². The van der Waals surface area contributed by atoms with Crippen LogP contribution in [0.4, 0.5) is 21.9 Å². The number of amides is 2. The molecule has 0 radical (unpaired) electrons. The van der Waals surface area contributed by atoms with Gasteiger partial charge in [-0.2, -0.15) is 0 Å². The van der Waals surface area contributed by atoms with Crippen molar-refractivity contribution in [2.24, 2.45) is 0 Å². The van der Waals surface area contributed by atoms with Gasteiger partial charge in [-0.3, -0.25) is 19.7 Å². The molecule has 25 heavy (non-hydrogen) atoms. The lowest BCUT2D eigenvalue weighted by Crippen LogP contribution is -2.34. The minimum absolute atomic E-state index is 0.145. The van der Waals surface area contributed by atoms with Gasteiger partial charge in [-0.15, -0.1) is 0 Å². The average Bonchev–Trinajstić information content (AvgIpc) is 2.84. The number of para-hydroxylation sites is 2. The van der Waals surface area contributed by atoms with Gasteiger partial charge in [0.05, 0.1) is 10.6 Å². The molecule has 0 aliphatic carbocycles. The van der Waals surface area contributed by atoms with Crippen molar-refractivity contribution in [1.29, 1.82) is 0 Å². The summed E-state index contributed by atoms with van der Waals surface area (Å²) in [5.74, 6) is -0.448. The maximum Gasteiger partial charge on any atom is 0.295 e. The minimum Gasteiger partial charge on any atom is -0.359 e. The first kappa shape index (κ1) is 17.0. The summed E-state index contributed by atoms with van der Waals surface area (Å²) >= 11 is 0.806. The van der Waals surface area contributed by atoms with E-state index < -0.39 is 21.4 Å². The van der Waals surface area contributed by atoms with Crippen LogP contribution < -0.4 is 10.2 Å². The molecule has 1 aliphatic heterocycles. The second-order valence-electron chi connectivity index (χ2n) is 5.62. The first-order chi connectivity index (χ1) is 11.9. The molecule has 1 unspecified atom stereocenters. The molecule has 0 spiro atoms. The Morgan fingerprint density at radius 2 is 1.84 bits per heavy atom. The molecule has 128 valence electrons. The van der Waals surface area contributed by atoms with Gasteiger partial charge in [-0.25, -0.2) is 4.90 Å². The van der Waals surface area contributed by atoms with Crippen LogP contribution in [0.5, 0.6) is 0 Å². The van der Waals surface area contributed by atoms with Crippen molar-refractivity contribution in [3.63, 3.8) is 0 Å². The highest BCUT2D eigenvalue weighted by Gasteiger charge is 2.41. The summed E-state index contributed by atoms with van der Waals surface area (Å²) < 4.78 is 0. The molecule has 3 rings (SSSR count). The van der Waals surface area contributed by atoms with Gasteiger partial charge >= 0.3 is 0 Å². The number of hydrogen-bond donors (Lipinski definition) is 1. The molecule has 8 heteroatoms. The molecule has 1 heterocycles. The van der Waals surface area contributed by atoms with E-state index in [2.05, 4.69) is 5.32 Å². The Kier molecular flexibility index (Phi) is 4.45. The van der Waals surface area contributed by atoms with Crippen LogP contribution in [-0.2, 0) is 4.79 Å². The Balaban J connectivity index is 1.87. The molecular formula is C17H15N3O4S. The number of benzene rings is 2. The predicted octanol–water partition coefficient (Wildman–Crippen LogP) is 3.85. The van der Waals surface area contributed by atoms with Crippen LogP contribution >= 0.6 is 11.8 Å². The zero-order valence-electron chi connectivity index (χ0n) is 13.6. The molecule has 1 atom stereocenters. The van der Waals surface area contributed by atoms with Crippen molar-refractivity contribution in [2.75, 3.05) is 10.2 Å². The molecule has 1 fully saturated rings. The second-order valence-corrected chi connectivity index (χ2v) is 6.68. The smallest absolute Gasteiger partial charge is 0.295 e. The van der Waals surface area contributed by atoms with Crippen molar-refractivity contribution in [2.45, 2.75) is 19.2 Å². The number of nitrogens with zero attached hydrogens (tertiary/aromatic N) is 2. The van der Waals surface area contributed by atoms with E-state index in [-0.39, 0.29) is 11.4 Å². The SMILES string of the molecule is Cc1ccc(N2C(=O)SC(Nc3ccccc3[N+](=O)[O-])C2=O)cc1C. The lowest BCUT2D eigenvalue weighted by molar-refractivity contribution is -0.384. The first-order valence-corrected chi connectivity index (χ1v) is 8.38. The van der Waals surface area contributed by atoms with Gasteiger partial charge in [-0.1, -0.05) is 18.2 Å². The molecule has 0 saturated carbocycles. The predicted molar refractivity (Wildman–Crippen MR) is 96.9 cm³/mol. The van der Waals surface area contributed by atoms with Crippen molar-refractivity contribution in [3.05, 3.63) is 63.7 Å². The quantitative estimate of drug-likeness (QED) is 0.660. The number of nitro groups is 1. The van der Waals surface area contributed by atoms with Crippen LogP contribution in [0, 0.1) is 24.0 Å². The highest BCUT2D eigenvalue weighted by atomic mass is 32.2. The zero-order chi connectivity index (χ0) is 18.1. The molecule has 1 saturated heterocycles. The standard InChI is InChI=1S/C17H15N3O4S/c1-10-7-8-12(9-11(10)2)19-16(21)15(25-17(19)22)18-13-5-3-4-6-14(13)20(23)24/h3-9,15,18H,1-2H3. The van der Waals surface area contributed by atoms with Gasteiger partial charge < -0.3 is 5.32 Å². The normalized spacial score (nSPS) is 17.0. The monoisotopic (exact) mass is 357 g/mol. The van der Waals surface area contributed by atoms with E-state index in [1.54, 1.807) is 24.3 Å². The molecule has 1 N–H and O–H groups in total. The minimum atomic E-state index is -0.907. The third-order valence-corrected chi connectivity index (χ3v) is 4.92. The van der Waals surface area contributed by atoms with Crippen LogP contribution in [0.15, 0.2) is 42.5 Å². The molecule has 2 aromatic rings. The lowest BCUT2D eigenvalue weighted by Gasteiger charge is -2.16. The molecule has 0 bridgehead atoms. The maximum atomic E-state index is 12.7. The first-order valence-electron chi connectivity index (χ1n) is 7.50. The number of carbonyl (C=O) groups excluding carboxylic acids is 2. The van der Waals surface area contributed by atoms with E-state index >= 15 is 0 Å². The maximum absolute atomic E-state index is 12.7. The molecular weight excluding hydrogens is 342 g/mol. The zero-order valence-corrected chi connectivity index (χ0v) is 14.4. The third-order valence-electron chi connectivity index (χ3n) is 3.98. The van der Waals surface area contributed by atoms with Crippen molar-refractivity contribution in [3.8, 4) is 0 Å². The molecule has 2 aromatic carbocycles. The second kappa shape index (κ2) is 6.56. The number of rotatable bonds is 4. The number of nitrogens with one attached hydrogen (secondary N) is 1. The highest BCUT2D eigenvalue weighted by Crippen LogP contribution is 2.35. The summed E-state index contributed by atoms with van der Waals surface area (Å²) in [6.45, 7) is 3.85. The van der Waals surface area contributed by atoms with Crippen LogP contribution in [0.3, 0.4) is 0 Å².